The lowest BCUT2D eigenvalue weighted by atomic mass is 10.2. The summed E-state index contributed by atoms with van der Waals surface area (Å²) in [7, 11) is 0. The molecule has 2 rings (SSSR count). The summed E-state index contributed by atoms with van der Waals surface area (Å²) < 4.78 is 24.6. The standard InChI is InChI=1S/C13H11F2NO/c14-13(15)10-6-8-12(9-7-10)17-16-11-4-2-1-3-5-11/h1-9,13,16H. The minimum absolute atomic E-state index is 0.0166. The highest BCUT2D eigenvalue weighted by molar-refractivity contribution is 5.41. The van der Waals surface area contributed by atoms with Crippen LogP contribution in [0, 0.1) is 0 Å². The number of nitrogens with one attached hydrogen (secondary N) is 1. The van der Waals surface area contributed by atoms with Gasteiger partial charge in [-0.15, -0.1) is 0 Å². The van der Waals surface area contributed by atoms with Gasteiger partial charge in [0.25, 0.3) is 6.43 Å². The molecule has 0 amide bonds. The van der Waals surface area contributed by atoms with Crippen molar-refractivity contribution >= 4 is 5.69 Å². The van der Waals surface area contributed by atoms with Crippen LogP contribution >= 0.6 is 0 Å². The summed E-state index contributed by atoms with van der Waals surface area (Å²) in [5, 5.41) is 0. The molecule has 17 heavy (non-hydrogen) atoms. The first kappa shape index (κ1) is 11.4. The van der Waals surface area contributed by atoms with Gasteiger partial charge in [-0.1, -0.05) is 18.2 Å². The molecule has 2 nitrogen and oxygen atoms in total. The molecule has 0 heterocycles. The van der Waals surface area contributed by atoms with E-state index in [1.165, 1.54) is 24.3 Å². The zero-order valence-corrected chi connectivity index (χ0v) is 8.94. The Labute approximate surface area is 97.8 Å². The fraction of sp³-hybridized carbons (Fsp3) is 0.0769. The third kappa shape index (κ3) is 3.17. The van der Waals surface area contributed by atoms with Gasteiger partial charge in [-0.25, -0.2) is 14.3 Å². The quantitative estimate of drug-likeness (QED) is 0.808. The van der Waals surface area contributed by atoms with E-state index in [4.69, 9.17) is 4.84 Å². The summed E-state index contributed by atoms with van der Waals surface area (Å²) >= 11 is 0. The molecule has 0 atom stereocenters. The summed E-state index contributed by atoms with van der Waals surface area (Å²) in [6.07, 6.45) is -2.45. The molecule has 0 aliphatic rings. The van der Waals surface area contributed by atoms with Gasteiger partial charge >= 0.3 is 0 Å². The molecule has 1 N–H and O–H groups in total. The van der Waals surface area contributed by atoms with Gasteiger partial charge in [0.2, 0.25) is 0 Å². The number of rotatable bonds is 4. The molecule has 0 aliphatic heterocycles. The van der Waals surface area contributed by atoms with Gasteiger partial charge in [-0.05, 0) is 36.4 Å². The molecule has 0 fully saturated rings. The Kier molecular flexibility index (Phi) is 3.55. The van der Waals surface area contributed by atoms with Crippen molar-refractivity contribution in [1.82, 2.24) is 0 Å². The van der Waals surface area contributed by atoms with Crippen molar-refractivity contribution in [1.29, 1.82) is 0 Å². The number of anilines is 1. The molecule has 2 aromatic carbocycles. The Bertz CT molecular complexity index is 457. The van der Waals surface area contributed by atoms with Crippen LogP contribution in [0.5, 0.6) is 5.75 Å². The highest BCUT2D eigenvalue weighted by Gasteiger charge is 2.06. The van der Waals surface area contributed by atoms with Crippen molar-refractivity contribution in [2.75, 3.05) is 5.48 Å². The third-order valence-electron chi connectivity index (χ3n) is 2.19. The van der Waals surface area contributed by atoms with E-state index in [1.54, 1.807) is 0 Å². The van der Waals surface area contributed by atoms with Crippen LogP contribution < -0.4 is 10.3 Å². The van der Waals surface area contributed by atoms with E-state index in [2.05, 4.69) is 5.48 Å². The average molecular weight is 235 g/mol. The van der Waals surface area contributed by atoms with Crippen LogP contribution in [0.1, 0.15) is 12.0 Å². The zero-order valence-electron chi connectivity index (χ0n) is 8.94. The van der Waals surface area contributed by atoms with E-state index in [0.29, 0.717) is 5.75 Å². The molecular formula is C13H11F2NO. The monoisotopic (exact) mass is 235 g/mol. The normalized spacial score (nSPS) is 10.3. The first-order chi connectivity index (χ1) is 8.25. The molecule has 0 unspecified atom stereocenters. The van der Waals surface area contributed by atoms with E-state index in [1.807, 2.05) is 30.3 Å². The summed E-state index contributed by atoms with van der Waals surface area (Å²) in [5.41, 5.74) is 3.50. The molecule has 0 aromatic heterocycles. The van der Waals surface area contributed by atoms with Crippen LogP contribution in [0.2, 0.25) is 0 Å². The molecule has 4 heteroatoms. The predicted molar refractivity (Wildman–Crippen MR) is 62.1 cm³/mol. The maximum absolute atomic E-state index is 12.3. The van der Waals surface area contributed by atoms with Crippen molar-refractivity contribution in [2.45, 2.75) is 6.43 Å². The fourth-order valence-corrected chi connectivity index (χ4v) is 1.31. The van der Waals surface area contributed by atoms with Crippen LogP contribution in [-0.2, 0) is 0 Å². The number of halogens is 2. The number of para-hydroxylation sites is 1. The Hall–Kier alpha value is -2.10. The van der Waals surface area contributed by atoms with Gasteiger partial charge in [0, 0.05) is 5.56 Å². The molecule has 0 saturated heterocycles. The van der Waals surface area contributed by atoms with Crippen LogP contribution in [-0.4, -0.2) is 0 Å². The number of benzene rings is 2. The average Bonchev–Trinajstić information content (AvgIpc) is 2.38. The lowest BCUT2D eigenvalue weighted by Crippen LogP contribution is -2.04. The number of hydrogen-bond acceptors (Lipinski definition) is 2. The van der Waals surface area contributed by atoms with Crippen LogP contribution in [0.3, 0.4) is 0 Å². The topological polar surface area (TPSA) is 21.3 Å². The molecule has 0 bridgehead atoms. The highest BCUT2D eigenvalue weighted by atomic mass is 19.3. The first-order valence-electron chi connectivity index (χ1n) is 5.12. The van der Waals surface area contributed by atoms with Gasteiger partial charge in [0.15, 0.2) is 5.75 Å². The second-order valence-electron chi connectivity index (χ2n) is 3.44. The molecular weight excluding hydrogens is 224 g/mol. The smallest absolute Gasteiger partial charge is 0.263 e. The van der Waals surface area contributed by atoms with Gasteiger partial charge in [-0.3, -0.25) is 0 Å². The van der Waals surface area contributed by atoms with E-state index in [-0.39, 0.29) is 5.56 Å². The lowest BCUT2D eigenvalue weighted by molar-refractivity contribution is 0.151. The maximum Gasteiger partial charge on any atom is 0.263 e. The number of hydrogen-bond donors (Lipinski definition) is 1. The minimum Gasteiger partial charge on any atom is -0.382 e. The molecule has 88 valence electrons. The second kappa shape index (κ2) is 5.30. The lowest BCUT2D eigenvalue weighted by Gasteiger charge is -2.08. The maximum atomic E-state index is 12.3. The molecule has 0 aliphatic carbocycles. The summed E-state index contributed by atoms with van der Waals surface area (Å²) in [5.74, 6) is 0.484. The predicted octanol–water partition coefficient (Wildman–Crippen LogP) is 4.03. The third-order valence-corrected chi connectivity index (χ3v) is 2.19. The van der Waals surface area contributed by atoms with Crippen LogP contribution in [0.15, 0.2) is 54.6 Å². The van der Waals surface area contributed by atoms with Crippen molar-refractivity contribution in [3.63, 3.8) is 0 Å². The molecule has 0 spiro atoms. The number of alkyl halides is 2. The summed E-state index contributed by atoms with van der Waals surface area (Å²) in [6, 6.07) is 15.0. The Morgan fingerprint density at radius 3 is 2.12 bits per heavy atom. The van der Waals surface area contributed by atoms with E-state index in [0.717, 1.165) is 5.69 Å². The molecule has 0 saturated carbocycles. The largest absolute Gasteiger partial charge is 0.382 e. The van der Waals surface area contributed by atoms with Crippen molar-refractivity contribution in [3.05, 3.63) is 60.2 Å². The van der Waals surface area contributed by atoms with Gasteiger partial charge in [0.1, 0.15) is 0 Å². The Morgan fingerprint density at radius 2 is 1.53 bits per heavy atom. The van der Waals surface area contributed by atoms with Gasteiger partial charge in [0.05, 0.1) is 5.69 Å². The second-order valence-corrected chi connectivity index (χ2v) is 3.44. The van der Waals surface area contributed by atoms with Gasteiger partial charge < -0.3 is 4.84 Å². The Morgan fingerprint density at radius 1 is 0.882 bits per heavy atom. The Balaban J connectivity index is 1.96. The van der Waals surface area contributed by atoms with Crippen LogP contribution in [0.25, 0.3) is 0 Å². The molecule has 2 aromatic rings. The van der Waals surface area contributed by atoms with Gasteiger partial charge in [-0.2, -0.15) is 0 Å². The highest BCUT2D eigenvalue weighted by Crippen LogP contribution is 2.21. The van der Waals surface area contributed by atoms with Crippen LogP contribution in [0.4, 0.5) is 14.5 Å². The molecule has 0 radical (unpaired) electrons. The summed E-state index contributed by atoms with van der Waals surface area (Å²) in [4.78, 5) is 5.23. The van der Waals surface area contributed by atoms with E-state index < -0.39 is 6.43 Å². The van der Waals surface area contributed by atoms with Crippen molar-refractivity contribution in [2.24, 2.45) is 0 Å². The van der Waals surface area contributed by atoms with E-state index in [9.17, 15) is 8.78 Å². The van der Waals surface area contributed by atoms with Crippen molar-refractivity contribution < 1.29 is 13.6 Å². The van der Waals surface area contributed by atoms with Crippen molar-refractivity contribution in [3.8, 4) is 5.75 Å². The minimum atomic E-state index is -2.45. The fourth-order valence-electron chi connectivity index (χ4n) is 1.31. The summed E-state index contributed by atoms with van der Waals surface area (Å²) in [6.45, 7) is 0. The first-order valence-corrected chi connectivity index (χ1v) is 5.12. The van der Waals surface area contributed by atoms with E-state index >= 15 is 0 Å². The zero-order chi connectivity index (χ0) is 12.1. The SMILES string of the molecule is FC(F)c1ccc(ONc2ccccc2)cc1.